The van der Waals surface area contributed by atoms with E-state index in [4.69, 9.17) is 0 Å². The van der Waals surface area contributed by atoms with E-state index in [1.165, 1.54) is 0 Å². The van der Waals surface area contributed by atoms with Crippen molar-refractivity contribution in [3.63, 3.8) is 0 Å². The summed E-state index contributed by atoms with van der Waals surface area (Å²) in [7, 11) is 1.77. The maximum absolute atomic E-state index is 12.5. The second kappa shape index (κ2) is 5.76. The third kappa shape index (κ3) is 3.58. The summed E-state index contributed by atoms with van der Waals surface area (Å²) < 4.78 is 0. The fraction of sp³-hybridized carbons (Fsp3) is 0.733. The number of carbonyl (C=O) groups is 2. The highest BCUT2D eigenvalue weighted by molar-refractivity contribution is 5.85. The predicted octanol–water partition coefficient (Wildman–Crippen LogP) is 2.55. The highest BCUT2D eigenvalue weighted by atomic mass is 16.4. The topological polar surface area (TPSA) is 57.6 Å². The highest BCUT2D eigenvalue weighted by Gasteiger charge is 2.38. The van der Waals surface area contributed by atoms with E-state index in [0.717, 1.165) is 0 Å². The molecule has 19 heavy (non-hydrogen) atoms. The van der Waals surface area contributed by atoms with E-state index in [0.29, 0.717) is 12.8 Å². The van der Waals surface area contributed by atoms with Gasteiger partial charge in [-0.15, -0.1) is 0 Å². The number of nitrogens with zero attached hydrogens (tertiary/aromatic N) is 1. The van der Waals surface area contributed by atoms with E-state index in [1.54, 1.807) is 11.9 Å². The first-order valence-electron chi connectivity index (χ1n) is 6.80. The molecule has 3 unspecified atom stereocenters. The van der Waals surface area contributed by atoms with Gasteiger partial charge in [-0.05, 0) is 25.2 Å². The Bertz CT molecular complexity index is 381. The van der Waals surface area contributed by atoms with Crippen LogP contribution in [-0.2, 0) is 9.59 Å². The third-order valence-electron chi connectivity index (χ3n) is 4.25. The quantitative estimate of drug-likeness (QED) is 0.799. The lowest BCUT2D eigenvalue weighted by Crippen LogP contribution is -2.48. The van der Waals surface area contributed by atoms with Gasteiger partial charge in [0.2, 0.25) is 5.91 Å². The van der Waals surface area contributed by atoms with E-state index < -0.39 is 17.8 Å². The van der Waals surface area contributed by atoms with Gasteiger partial charge in [-0.1, -0.05) is 32.9 Å². The number of carboxylic acids is 1. The van der Waals surface area contributed by atoms with E-state index >= 15 is 0 Å². The summed E-state index contributed by atoms with van der Waals surface area (Å²) in [5.74, 6) is -1.96. The molecular weight excluding hydrogens is 242 g/mol. The minimum atomic E-state index is -0.875. The molecule has 1 N–H and O–H groups in total. The lowest BCUT2D eigenvalue weighted by Gasteiger charge is -2.38. The van der Waals surface area contributed by atoms with Crippen LogP contribution in [-0.4, -0.2) is 35.0 Å². The lowest BCUT2D eigenvalue weighted by atomic mass is 9.80. The van der Waals surface area contributed by atoms with Crippen LogP contribution in [0.1, 0.15) is 40.5 Å². The normalized spacial score (nSPS) is 24.9. The van der Waals surface area contributed by atoms with Gasteiger partial charge in [-0.2, -0.15) is 0 Å². The second-order valence-electron chi connectivity index (χ2n) is 6.49. The number of hydrogen-bond donors (Lipinski definition) is 1. The molecule has 0 aromatic carbocycles. The van der Waals surface area contributed by atoms with Crippen LogP contribution >= 0.6 is 0 Å². The number of carboxylic acid groups (broad SMARTS) is 1. The molecule has 4 nitrogen and oxygen atoms in total. The molecule has 0 heterocycles. The fourth-order valence-electron chi connectivity index (χ4n) is 2.39. The maximum atomic E-state index is 12.5. The van der Waals surface area contributed by atoms with Crippen LogP contribution in [0.25, 0.3) is 0 Å². The van der Waals surface area contributed by atoms with Crippen molar-refractivity contribution in [1.29, 1.82) is 0 Å². The molecule has 0 fully saturated rings. The first-order valence-corrected chi connectivity index (χ1v) is 6.80. The summed E-state index contributed by atoms with van der Waals surface area (Å²) in [5.41, 5.74) is -0.0202. The van der Waals surface area contributed by atoms with Crippen molar-refractivity contribution < 1.29 is 14.7 Å². The molecule has 0 saturated carbocycles. The minimum Gasteiger partial charge on any atom is -0.481 e. The molecule has 0 bridgehead atoms. The fourth-order valence-corrected chi connectivity index (χ4v) is 2.39. The Hall–Kier alpha value is -1.32. The number of amides is 1. The predicted molar refractivity (Wildman–Crippen MR) is 74.7 cm³/mol. The Labute approximate surface area is 115 Å². The molecule has 0 spiro atoms. The zero-order valence-corrected chi connectivity index (χ0v) is 12.5. The molecule has 1 aliphatic carbocycles. The average molecular weight is 267 g/mol. The lowest BCUT2D eigenvalue weighted by molar-refractivity contribution is -0.151. The van der Waals surface area contributed by atoms with Crippen LogP contribution in [0.5, 0.6) is 0 Å². The van der Waals surface area contributed by atoms with Crippen LogP contribution in [0.3, 0.4) is 0 Å². The number of carbonyl (C=O) groups excluding carboxylic acids is 1. The van der Waals surface area contributed by atoms with Crippen LogP contribution in [0.4, 0.5) is 0 Å². The zero-order valence-electron chi connectivity index (χ0n) is 12.5. The van der Waals surface area contributed by atoms with Gasteiger partial charge in [0, 0.05) is 13.1 Å². The molecule has 108 valence electrons. The Balaban J connectivity index is 2.86. The first kappa shape index (κ1) is 15.7. The van der Waals surface area contributed by atoms with E-state index in [1.807, 2.05) is 19.1 Å². The van der Waals surface area contributed by atoms with Crippen LogP contribution in [0.15, 0.2) is 12.2 Å². The van der Waals surface area contributed by atoms with Crippen molar-refractivity contribution in [2.24, 2.45) is 17.3 Å². The van der Waals surface area contributed by atoms with Crippen LogP contribution in [0, 0.1) is 17.3 Å². The van der Waals surface area contributed by atoms with Crippen molar-refractivity contribution in [2.45, 2.75) is 46.6 Å². The molecule has 0 saturated heterocycles. The molecule has 1 amide bonds. The molecule has 0 radical (unpaired) electrons. The van der Waals surface area contributed by atoms with Crippen molar-refractivity contribution in [1.82, 2.24) is 4.90 Å². The van der Waals surface area contributed by atoms with Gasteiger partial charge in [-0.3, -0.25) is 9.59 Å². The van der Waals surface area contributed by atoms with Crippen molar-refractivity contribution in [2.75, 3.05) is 7.05 Å². The Morgan fingerprint density at radius 1 is 1.21 bits per heavy atom. The van der Waals surface area contributed by atoms with Gasteiger partial charge in [-0.25, -0.2) is 0 Å². The summed E-state index contributed by atoms with van der Waals surface area (Å²) in [6.07, 6.45) is 4.74. The van der Waals surface area contributed by atoms with Gasteiger partial charge in [0.1, 0.15) is 0 Å². The summed E-state index contributed by atoms with van der Waals surface area (Å²) in [6.45, 7) is 8.25. The standard InChI is InChI=1S/C15H25NO3/c1-10(15(2,3)4)16(5)13(17)11-8-6-7-9-12(11)14(18)19/h6-7,10-12H,8-9H2,1-5H3,(H,18,19). The van der Waals surface area contributed by atoms with Crippen LogP contribution < -0.4 is 0 Å². The summed E-state index contributed by atoms with van der Waals surface area (Å²) in [5, 5.41) is 9.23. The molecule has 1 rings (SSSR count). The second-order valence-corrected chi connectivity index (χ2v) is 6.49. The van der Waals surface area contributed by atoms with Gasteiger partial charge in [0.25, 0.3) is 0 Å². The number of aliphatic carboxylic acids is 1. The smallest absolute Gasteiger partial charge is 0.307 e. The largest absolute Gasteiger partial charge is 0.481 e. The Morgan fingerprint density at radius 2 is 1.68 bits per heavy atom. The van der Waals surface area contributed by atoms with Crippen LogP contribution in [0.2, 0.25) is 0 Å². The van der Waals surface area contributed by atoms with E-state index in [9.17, 15) is 14.7 Å². The number of allylic oxidation sites excluding steroid dienone is 2. The van der Waals surface area contributed by atoms with Gasteiger partial charge in [0.05, 0.1) is 11.8 Å². The highest BCUT2D eigenvalue weighted by Crippen LogP contribution is 2.30. The van der Waals surface area contributed by atoms with E-state index in [-0.39, 0.29) is 17.4 Å². The first-order chi connectivity index (χ1) is 8.66. The number of hydrogen-bond acceptors (Lipinski definition) is 2. The molecule has 1 aliphatic rings. The molecule has 4 heteroatoms. The summed E-state index contributed by atoms with van der Waals surface area (Å²) in [4.78, 5) is 25.5. The van der Waals surface area contributed by atoms with Gasteiger partial charge < -0.3 is 10.0 Å². The molecule has 0 aliphatic heterocycles. The van der Waals surface area contributed by atoms with Crippen molar-refractivity contribution >= 4 is 11.9 Å². The SMILES string of the molecule is CC(N(C)C(=O)C1CC=CCC1C(=O)O)C(C)(C)C. The van der Waals surface area contributed by atoms with E-state index in [2.05, 4.69) is 20.8 Å². The summed E-state index contributed by atoms with van der Waals surface area (Å²) >= 11 is 0. The molecule has 0 aromatic rings. The Morgan fingerprint density at radius 3 is 2.11 bits per heavy atom. The Kier molecular flexibility index (Phi) is 4.77. The van der Waals surface area contributed by atoms with Crippen molar-refractivity contribution in [3.8, 4) is 0 Å². The van der Waals surface area contributed by atoms with Crippen molar-refractivity contribution in [3.05, 3.63) is 12.2 Å². The monoisotopic (exact) mass is 267 g/mol. The molecular formula is C15H25NO3. The number of rotatable bonds is 3. The third-order valence-corrected chi connectivity index (χ3v) is 4.25. The van der Waals surface area contributed by atoms with Gasteiger partial charge in [0.15, 0.2) is 0 Å². The summed E-state index contributed by atoms with van der Waals surface area (Å²) in [6, 6.07) is 0.0698. The average Bonchev–Trinajstić information content (AvgIpc) is 2.34. The maximum Gasteiger partial charge on any atom is 0.307 e. The molecule has 3 atom stereocenters. The zero-order chi connectivity index (χ0) is 14.8. The minimum absolute atomic E-state index is 0.0202. The molecule has 0 aromatic heterocycles. The van der Waals surface area contributed by atoms with Gasteiger partial charge >= 0.3 is 5.97 Å².